The Morgan fingerprint density at radius 3 is 2.47 bits per heavy atom. The van der Waals surface area contributed by atoms with Crippen LogP contribution >= 0.6 is 0 Å². The number of carbonyl (C=O) groups is 1. The average Bonchev–Trinajstić information content (AvgIpc) is 2.34. The quantitative estimate of drug-likeness (QED) is 0.817. The Kier molecular flexibility index (Phi) is 5.18. The number of rotatable bonds is 6. The Bertz CT molecular complexity index is 444. The number of hydrogen-bond acceptors (Lipinski definition) is 4. The highest BCUT2D eigenvalue weighted by Gasteiger charge is 2.21. The molecule has 1 amide bonds. The van der Waals surface area contributed by atoms with Gasteiger partial charge in [-0.3, -0.25) is 4.79 Å². The standard InChI is InChI=1S/C14H22N2O3/c1-9(2)16(8-13(15)18)11-6-5-7-12(19-4)14(11)10(3)17/h5-7,9-10,17H,8H2,1-4H3,(H2,15,18). The molecule has 0 aliphatic rings. The third-order valence-corrected chi connectivity index (χ3v) is 2.94. The van der Waals surface area contributed by atoms with E-state index < -0.39 is 12.0 Å². The van der Waals surface area contributed by atoms with Crippen molar-refractivity contribution in [3.05, 3.63) is 23.8 Å². The van der Waals surface area contributed by atoms with E-state index in [-0.39, 0.29) is 12.6 Å². The summed E-state index contributed by atoms with van der Waals surface area (Å²) in [6.07, 6.45) is -0.694. The molecule has 0 radical (unpaired) electrons. The molecule has 3 N–H and O–H groups in total. The van der Waals surface area contributed by atoms with Crippen LogP contribution in [0.1, 0.15) is 32.4 Å². The molecule has 0 fully saturated rings. The number of hydrogen-bond donors (Lipinski definition) is 2. The van der Waals surface area contributed by atoms with Crippen LogP contribution in [0.2, 0.25) is 0 Å². The molecule has 0 aromatic heterocycles. The number of ether oxygens (including phenoxy) is 1. The lowest BCUT2D eigenvalue weighted by atomic mass is 10.0. The first-order valence-electron chi connectivity index (χ1n) is 6.28. The zero-order chi connectivity index (χ0) is 14.6. The minimum atomic E-state index is -0.694. The molecule has 5 nitrogen and oxygen atoms in total. The number of anilines is 1. The summed E-state index contributed by atoms with van der Waals surface area (Å²) in [5.41, 5.74) is 6.72. The van der Waals surface area contributed by atoms with Crippen LogP contribution < -0.4 is 15.4 Å². The maximum Gasteiger partial charge on any atom is 0.236 e. The zero-order valence-corrected chi connectivity index (χ0v) is 11.9. The van der Waals surface area contributed by atoms with Crippen LogP contribution in [-0.4, -0.2) is 30.7 Å². The van der Waals surface area contributed by atoms with Crippen LogP contribution in [0.15, 0.2) is 18.2 Å². The van der Waals surface area contributed by atoms with Crippen LogP contribution in [0.4, 0.5) is 5.69 Å². The number of aliphatic hydroxyl groups is 1. The van der Waals surface area contributed by atoms with Gasteiger partial charge in [-0.15, -0.1) is 0 Å². The molecule has 0 saturated carbocycles. The van der Waals surface area contributed by atoms with Crippen LogP contribution in [0, 0.1) is 0 Å². The Morgan fingerprint density at radius 2 is 2.05 bits per heavy atom. The maximum absolute atomic E-state index is 11.2. The van der Waals surface area contributed by atoms with Crippen molar-refractivity contribution < 1.29 is 14.6 Å². The number of primary amides is 1. The Labute approximate surface area is 114 Å². The second kappa shape index (κ2) is 6.43. The van der Waals surface area contributed by atoms with Gasteiger partial charge < -0.3 is 20.5 Å². The predicted octanol–water partition coefficient (Wildman–Crippen LogP) is 1.45. The molecule has 1 aromatic carbocycles. The van der Waals surface area contributed by atoms with E-state index in [0.717, 1.165) is 5.69 Å². The van der Waals surface area contributed by atoms with Gasteiger partial charge in [0.2, 0.25) is 5.91 Å². The van der Waals surface area contributed by atoms with E-state index >= 15 is 0 Å². The number of nitrogens with two attached hydrogens (primary N) is 1. The summed E-state index contributed by atoms with van der Waals surface area (Å²) < 4.78 is 5.28. The lowest BCUT2D eigenvalue weighted by molar-refractivity contribution is -0.116. The van der Waals surface area contributed by atoms with E-state index in [4.69, 9.17) is 10.5 Å². The fraction of sp³-hybridized carbons (Fsp3) is 0.500. The molecular weight excluding hydrogens is 244 g/mol. The van der Waals surface area contributed by atoms with E-state index in [9.17, 15) is 9.90 Å². The normalized spacial score (nSPS) is 12.3. The van der Waals surface area contributed by atoms with Crippen LogP contribution in [0.25, 0.3) is 0 Å². The van der Waals surface area contributed by atoms with Crippen molar-refractivity contribution in [3.8, 4) is 5.75 Å². The van der Waals surface area contributed by atoms with Crippen LogP contribution in [0.5, 0.6) is 5.75 Å². The minimum absolute atomic E-state index is 0.0807. The summed E-state index contributed by atoms with van der Waals surface area (Å²) in [5, 5.41) is 9.96. The van der Waals surface area contributed by atoms with E-state index in [1.54, 1.807) is 20.1 Å². The lowest BCUT2D eigenvalue weighted by Crippen LogP contribution is -2.39. The van der Waals surface area contributed by atoms with Crippen molar-refractivity contribution in [2.75, 3.05) is 18.6 Å². The van der Waals surface area contributed by atoms with E-state index in [0.29, 0.717) is 11.3 Å². The second-order valence-corrected chi connectivity index (χ2v) is 4.76. The highest BCUT2D eigenvalue weighted by molar-refractivity contribution is 5.80. The number of carbonyl (C=O) groups excluding carboxylic acids is 1. The summed E-state index contributed by atoms with van der Waals surface area (Å²) in [6.45, 7) is 5.71. The molecule has 5 heteroatoms. The minimum Gasteiger partial charge on any atom is -0.496 e. The van der Waals surface area contributed by atoms with Gasteiger partial charge in [-0.2, -0.15) is 0 Å². The smallest absolute Gasteiger partial charge is 0.236 e. The highest BCUT2D eigenvalue weighted by Crippen LogP contribution is 2.35. The zero-order valence-electron chi connectivity index (χ0n) is 11.9. The fourth-order valence-corrected chi connectivity index (χ4v) is 2.09. The van der Waals surface area contributed by atoms with Gasteiger partial charge in [0.05, 0.1) is 19.8 Å². The summed E-state index contributed by atoms with van der Waals surface area (Å²) >= 11 is 0. The van der Waals surface area contributed by atoms with E-state index in [1.807, 2.05) is 30.9 Å². The topological polar surface area (TPSA) is 75.8 Å². The van der Waals surface area contributed by atoms with Gasteiger partial charge in [0.25, 0.3) is 0 Å². The van der Waals surface area contributed by atoms with Gasteiger partial charge in [-0.1, -0.05) is 6.07 Å². The molecule has 1 atom stereocenters. The summed E-state index contributed by atoms with van der Waals surface area (Å²) in [6, 6.07) is 5.55. The number of aliphatic hydroxyl groups excluding tert-OH is 1. The SMILES string of the molecule is COc1cccc(N(CC(N)=O)C(C)C)c1C(C)O. The Hall–Kier alpha value is -1.75. The molecule has 19 heavy (non-hydrogen) atoms. The van der Waals surface area contributed by atoms with Gasteiger partial charge in [0.1, 0.15) is 5.75 Å². The van der Waals surface area contributed by atoms with Crippen molar-refractivity contribution >= 4 is 11.6 Å². The van der Waals surface area contributed by atoms with Crippen molar-refractivity contribution in [3.63, 3.8) is 0 Å². The van der Waals surface area contributed by atoms with Crippen LogP contribution in [-0.2, 0) is 4.79 Å². The number of nitrogens with zero attached hydrogens (tertiary/aromatic N) is 1. The molecular formula is C14H22N2O3. The molecule has 0 heterocycles. The molecule has 0 bridgehead atoms. The number of benzene rings is 1. The van der Waals surface area contributed by atoms with Gasteiger partial charge >= 0.3 is 0 Å². The molecule has 1 aromatic rings. The predicted molar refractivity (Wildman–Crippen MR) is 75.3 cm³/mol. The van der Waals surface area contributed by atoms with E-state index in [1.165, 1.54) is 0 Å². The first-order chi connectivity index (χ1) is 8.88. The first kappa shape index (κ1) is 15.3. The fourth-order valence-electron chi connectivity index (χ4n) is 2.09. The molecule has 1 unspecified atom stereocenters. The average molecular weight is 266 g/mol. The Balaban J connectivity index is 3.33. The molecule has 0 spiro atoms. The van der Waals surface area contributed by atoms with Gasteiger partial charge in [-0.25, -0.2) is 0 Å². The summed E-state index contributed by atoms with van der Waals surface area (Å²) in [5.74, 6) is 0.190. The van der Waals surface area contributed by atoms with Gasteiger partial charge in [0, 0.05) is 17.3 Å². The van der Waals surface area contributed by atoms with Crippen molar-refractivity contribution in [2.45, 2.75) is 32.9 Å². The third kappa shape index (κ3) is 3.61. The van der Waals surface area contributed by atoms with Gasteiger partial charge in [0.15, 0.2) is 0 Å². The monoisotopic (exact) mass is 266 g/mol. The molecule has 0 aliphatic carbocycles. The van der Waals surface area contributed by atoms with Gasteiger partial charge in [-0.05, 0) is 32.9 Å². The summed E-state index contributed by atoms with van der Waals surface area (Å²) in [4.78, 5) is 13.1. The second-order valence-electron chi connectivity index (χ2n) is 4.76. The molecule has 106 valence electrons. The molecule has 1 rings (SSSR count). The van der Waals surface area contributed by atoms with Crippen LogP contribution in [0.3, 0.4) is 0 Å². The third-order valence-electron chi connectivity index (χ3n) is 2.94. The van der Waals surface area contributed by atoms with Crippen molar-refractivity contribution in [2.24, 2.45) is 5.73 Å². The Morgan fingerprint density at radius 1 is 1.42 bits per heavy atom. The number of amides is 1. The molecule has 0 saturated heterocycles. The number of methoxy groups -OCH3 is 1. The molecule has 0 aliphatic heterocycles. The van der Waals surface area contributed by atoms with Crippen molar-refractivity contribution in [1.29, 1.82) is 0 Å². The first-order valence-corrected chi connectivity index (χ1v) is 6.28. The van der Waals surface area contributed by atoms with E-state index in [2.05, 4.69) is 0 Å². The summed E-state index contributed by atoms with van der Waals surface area (Å²) in [7, 11) is 1.55. The lowest BCUT2D eigenvalue weighted by Gasteiger charge is -2.31. The highest BCUT2D eigenvalue weighted by atomic mass is 16.5. The van der Waals surface area contributed by atoms with Crippen molar-refractivity contribution in [1.82, 2.24) is 0 Å². The largest absolute Gasteiger partial charge is 0.496 e. The maximum atomic E-state index is 11.2.